The number of thioether (sulfide) groups is 1. The summed E-state index contributed by atoms with van der Waals surface area (Å²) in [7, 11) is 0. The van der Waals surface area contributed by atoms with E-state index in [9.17, 15) is 18.0 Å². The Balaban J connectivity index is 1.92. The van der Waals surface area contributed by atoms with Crippen LogP contribution in [0.2, 0.25) is 0 Å². The minimum absolute atomic E-state index is 0.216. The monoisotopic (exact) mass is 323 g/mol. The Morgan fingerprint density at radius 2 is 2.14 bits per heavy atom. The third kappa shape index (κ3) is 4.58. The molecule has 1 saturated carbocycles. The predicted octanol–water partition coefficient (Wildman–Crippen LogP) is 1.95. The third-order valence-electron chi connectivity index (χ3n) is 3.25. The summed E-state index contributed by atoms with van der Waals surface area (Å²) in [6, 6.07) is 0.216. The molecule has 0 radical (unpaired) electrons. The Bertz CT molecular complexity index is 486. The van der Waals surface area contributed by atoms with Crippen molar-refractivity contribution >= 4 is 17.7 Å². The van der Waals surface area contributed by atoms with Gasteiger partial charge in [-0.1, -0.05) is 24.6 Å². The van der Waals surface area contributed by atoms with Gasteiger partial charge in [0, 0.05) is 0 Å². The zero-order valence-corrected chi connectivity index (χ0v) is 12.2. The maximum absolute atomic E-state index is 12.1. The van der Waals surface area contributed by atoms with Crippen molar-refractivity contribution in [2.45, 2.75) is 55.2 Å². The average molecular weight is 323 g/mol. The fraction of sp³-hybridized carbons (Fsp3) is 0.818. The molecule has 1 aromatic rings. The predicted molar refractivity (Wildman–Crippen MR) is 69.7 cm³/mol. The van der Waals surface area contributed by atoms with Crippen LogP contribution in [0.4, 0.5) is 13.2 Å². The van der Waals surface area contributed by atoms with E-state index in [1.165, 1.54) is 6.92 Å². The molecule has 0 saturated heterocycles. The lowest BCUT2D eigenvalue weighted by Gasteiger charge is -2.14. The number of hydrogen-bond donors (Lipinski definition) is 1. The maximum Gasteiger partial charge on any atom is 0.405 e. The van der Waals surface area contributed by atoms with E-state index >= 15 is 0 Å². The summed E-state index contributed by atoms with van der Waals surface area (Å²) in [4.78, 5) is 11.6. The fourth-order valence-corrected chi connectivity index (χ4v) is 3.07. The van der Waals surface area contributed by atoms with Crippen molar-refractivity contribution in [2.24, 2.45) is 0 Å². The van der Waals surface area contributed by atoms with Gasteiger partial charge in [-0.05, 0) is 30.2 Å². The van der Waals surface area contributed by atoms with Gasteiger partial charge in [-0.3, -0.25) is 4.79 Å². The Labute approximate surface area is 123 Å². The van der Waals surface area contributed by atoms with Crippen molar-refractivity contribution in [3.05, 3.63) is 0 Å². The molecule has 1 N–H and O–H groups in total. The van der Waals surface area contributed by atoms with E-state index < -0.39 is 23.9 Å². The topological polar surface area (TPSA) is 72.7 Å². The zero-order valence-electron chi connectivity index (χ0n) is 11.4. The molecule has 2 rings (SSSR count). The molecule has 0 aromatic carbocycles. The van der Waals surface area contributed by atoms with Crippen molar-refractivity contribution in [1.82, 2.24) is 25.5 Å². The second-order valence-electron chi connectivity index (χ2n) is 4.94. The van der Waals surface area contributed by atoms with Crippen LogP contribution in [0.25, 0.3) is 0 Å². The molecule has 1 unspecified atom stereocenters. The van der Waals surface area contributed by atoms with Crippen molar-refractivity contribution < 1.29 is 18.0 Å². The molecule has 1 aliphatic carbocycles. The standard InChI is InChI=1S/C11H16F3N5OS/c1-7(9(20)15-6-11(12,13)14)21-10-16-17-18-19(10)8-4-2-3-5-8/h7-8H,2-6H2,1H3,(H,15,20). The molecule has 1 heterocycles. The van der Waals surface area contributed by atoms with E-state index in [0.717, 1.165) is 37.4 Å². The Morgan fingerprint density at radius 3 is 2.76 bits per heavy atom. The summed E-state index contributed by atoms with van der Waals surface area (Å²) in [5.74, 6) is -0.682. The van der Waals surface area contributed by atoms with Crippen LogP contribution < -0.4 is 5.32 Å². The number of tetrazole rings is 1. The van der Waals surface area contributed by atoms with Crippen LogP contribution in [0.15, 0.2) is 5.16 Å². The molecule has 10 heteroatoms. The first-order chi connectivity index (χ1) is 9.87. The van der Waals surface area contributed by atoms with Crippen molar-refractivity contribution in [1.29, 1.82) is 0 Å². The summed E-state index contributed by atoms with van der Waals surface area (Å²) < 4.78 is 37.9. The van der Waals surface area contributed by atoms with Gasteiger partial charge in [0.05, 0.1) is 11.3 Å². The number of rotatable bonds is 5. The number of halogens is 3. The van der Waals surface area contributed by atoms with Gasteiger partial charge in [-0.15, -0.1) is 5.10 Å². The molecule has 0 bridgehead atoms. The highest BCUT2D eigenvalue weighted by Crippen LogP contribution is 2.32. The van der Waals surface area contributed by atoms with E-state index in [1.54, 1.807) is 4.68 Å². The van der Waals surface area contributed by atoms with Gasteiger partial charge in [0.2, 0.25) is 11.1 Å². The van der Waals surface area contributed by atoms with E-state index in [-0.39, 0.29) is 6.04 Å². The van der Waals surface area contributed by atoms with E-state index in [2.05, 4.69) is 15.5 Å². The lowest BCUT2D eigenvalue weighted by molar-refractivity contribution is -0.137. The number of nitrogens with one attached hydrogen (secondary N) is 1. The minimum Gasteiger partial charge on any atom is -0.346 e. The zero-order chi connectivity index (χ0) is 15.5. The SMILES string of the molecule is CC(Sc1nnnn1C1CCCC1)C(=O)NCC(F)(F)F. The maximum atomic E-state index is 12.1. The number of carbonyl (C=O) groups is 1. The fourth-order valence-electron chi connectivity index (χ4n) is 2.18. The Hall–Kier alpha value is -1.32. The number of carbonyl (C=O) groups excluding carboxylic acids is 1. The van der Waals surface area contributed by atoms with Crippen LogP contribution in [0.1, 0.15) is 38.6 Å². The highest BCUT2D eigenvalue weighted by molar-refractivity contribution is 8.00. The summed E-state index contributed by atoms with van der Waals surface area (Å²) in [6.07, 6.45) is -0.238. The number of aromatic nitrogens is 4. The highest BCUT2D eigenvalue weighted by Gasteiger charge is 2.30. The quantitative estimate of drug-likeness (QED) is 0.839. The Morgan fingerprint density at radius 1 is 1.48 bits per heavy atom. The molecule has 6 nitrogen and oxygen atoms in total. The van der Waals surface area contributed by atoms with E-state index in [1.807, 2.05) is 5.32 Å². The summed E-state index contributed by atoms with van der Waals surface area (Å²) >= 11 is 1.07. The number of alkyl halides is 3. The van der Waals surface area contributed by atoms with Crippen molar-refractivity contribution in [3.8, 4) is 0 Å². The van der Waals surface area contributed by atoms with Crippen LogP contribution in [0.3, 0.4) is 0 Å². The summed E-state index contributed by atoms with van der Waals surface area (Å²) in [5.41, 5.74) is 0. The van der Waals surface area contributed by atoms with Gasteiger partial charge in [0.1, 0.15) is 6.54 Å². The molecule has 1 fully saturated rings. The largest absolute Gasteiger partial charge is 0.405 e. The van der Waals surface area contributed by atoms with Crippen LogP contribution >= 0.6 is 11.8 Å². The first-order valence-electron chi connectivity index (χ1n) is 6.66. The number of hydrogen-bond acceptors (Lipinski definition) is 5. The Kier molecular flexibility index (Phi) is 5.07. The van der Waals surface area contributed by atoms with Gasteiger partial charge in [-0.2, -0.15) is 13.2 Å². The lowest BCUT2D eigenvalue weighted by Crippen LogP contribution is -2.38. The van der Waals surface area contributed by atoms with Crippen LogP contribution in [-0.2, 0) is 4.79 Å². The molecule has 1 aliphatic rings. The first kappa shape index (κ1) is 16.1. The molecule has 21 heavy (non-hydrogen) atoms. The molecule has 0 aliphatic heterocycles. The second-order valence-corrected chi connectivity index (χ2v) is 6.25. The number of nitrogens with zero attached hydrogens (tertiary/aromatic N) is 4. The second kappa shape index (κ2) is 6.63. The number of amides is 1. The third-order valence-corrected chi connectivity index (χ3v) is 4.29. The van der Waals surface area contributed by atoms with Gasteiger partial charge < -0.3 is 5.32 Å². The minimum atomic E-state index is -4.41. The molecule has 1 atom stereocenters. The van der Waals surface area contributed by atoms with Crippen molar-refractivity contribution in [3.63, 3.8) is 0 Å². The van der Waals surface area contributed by atoms with Gasteiger partial charge in [-0.25, -0.2) is 4.68 Å². The van der Waals surface area contributed by atoms with Gasteiger partial charge in [0.25, 0.3) is 0 Å². The van der Waals surface area contributed by atoms with Crippen molar-refractivity contribution in [2.75, 3.05) is 6.54 Å². The van der Waals surface area contributed by atoms with E-state index in [0.29, 0.717) is 5.16 Å². The molecule has 0 spiro atoms. The van der Waals surface area contributed by atoms with Crippen LogP contribution in [-0.4, -0.2) is 44.1 Å². The molecule has 1 aromatic heterocycles. The van der Waals surface area contributed by atoms with Gasteiger partial charge in [0.15, 0.2) is 0 Å². The smallest absolute Gasteiger partial charge is 0.346 e. The average Bonchev–Trinajstić information content (AvgIpc) is 3.04. The van der Waals surface area contributed by atoms with Crippen LogP contribution in [0, 0.1) is 0 Å². The summed E-state index contributed by atoms with van der Waals surface area (Å²) in [5, 5.41) is 13.0. The lowest BCUT2D eigenvalue weighted by atomic mass is 10.3. The van der Waals surface area contributed by atoms with Crippen LogP contribution in [0.5, 0.6) is 0 Å². The molecule has 1 amide bonds. The first-order valence-corrected chi connectivity index (χ1v) is 7.54. The normalized spacial score (nSPS) is 17.9. The molecular weight excluding hydrogens is 307 g/mol. The molecular formula is C11H16F3N5OS. The van der Waals surface area contributed by atoms with Gasteiger partial charge >= 0.3 is 6.18 Å². The highest BCUT2D eigenvalue weighted by atomic mass is 32.2. The summed E-state index contributed by atoms with van der Waals surface area (Å²) in [6.45, 7) is 0.203. The molecule has 118 valence electrons. The van der Waals surface area contributed by atoms with E-state index in [4.69, 9.17) is 0 Å².